The van der Waals surface area contributed by atoms with Crippen molar-refractivity contribution in [2.45, 2.75) is 13.3 Å². The van der Waals surface area contributed by atoms with Crippen molar-refractivity contribution in [1.29, 1.82) is 0 Å². The summed E-state index contributed by atoms with van der Waals surface area (Å²) in [5.41, 5.74) is 17.9. The van der Waals surface area contributed by atoms with Gasteiger partial charge in [0.25, 0.3) is 0 Å². The van der Waals surface area contributed by atoms with E-state index in [4.69, 9.17) is 22.3 Å². The Labute approximate surface area is 130 Å². The number of hydrogen-bond acceptors (Lipinski definition) is 7. The molecular formula is C10H14N8O2S2. The Hall–Kier alpha value is -2.31. The van der Waals surface area contributed by atoms with Crippen LogP contribution in [0.4, 0.5) is 5.13 Å². The number of thiazole rings is 1. The molecule has 0 unspecified atom stereocenters. The zero-order valence-corrected chi connectivity index (χ0v) is 13.1. The van der Waals surface area contributed by atoms with Crippen molar-refractivity contribution in [3.63, 3.8) is 0 Å². The van der Waals surface area contributed by atoms with E-state index in [9.17, 15) is 8.42 Å². The van der Waals surface area contributed by atoms with Crippen molar-refractivity contribution >= 4 is 49.9 Å². The SMILES string of the molecule is CC1=C(c2csc(N=C(N)N)n2)N=C(N)CC1=NS(N)(=O)=O. The van der Waals surface area contributed by atoms with Crippen LogP contribution in [0.5, 0.6) is 0 Å². The lowest BCUT2D eigenvalue weighted by atomic mass is 10.0. The molecule has 1 aliphatic rings. The Kier molecular flexibility index (Phi) is 4.25. The Bertz CT molecular complexity index is 827. The van der Waals surface area contributed by atoms with Crippen molar-refractivity contribution in [1.82, 2.24) is 4.98 Å². The highest BCUT2D eigenvalue weighted by Gasteiger charge is 2.21. The third kappa shape index (κ3) is 3.87. The fourth-order valence-electron chi connectivity index (χ4n) is 1.75. The molecule has 0 atom stereocenters. The molecule has 1 aromatic heterocycles. The maximum Gasteiger partial charge on any atom is 0.317 e. The standard InChI is InChI=1S/C10H14N8O2S2/c1-4-5(18-22(14,19)20)2-7(11)16-8(4)6-3-21-10(15-6)17-9(12)13/h3H,2H2,1H3,(H2,11,16)(H2,14,19,20)(H4,12,13,15,17). The van der Waals surface area contributed by atoms with E-state index in [1.165, 1.54) is 11.3 Å². The first-order chi connectivity index (χ1) is 10.2. The van der Waals surface area contributed by atoms with Crippen molar-refractivity contribution in [3.8, 4) is 0 Å². The van der Waals surface area contributed by atoms with E-state index in [2.05, 4.69) is 19.4 Å². The van der Waals surface area contributed by atoms with Crippen LogP contribution in [-0.2, 0) is 10.2 Å². The minimum absolute atomic E-state index is 0.0939. The van der Waals surface area contributed by atoms with Gasteiger partial charge in [0.2, 0.25) is 5.13 Å². The lowest BCUT2D eigenvalue weighted by molar-refractivity contribution is 0.599. The molecule has 22 heavy (non-hydrogen) atoms. The second-order valence-corrected chi connectivity index (χ2v) is 6.41. The molecule has 2 heterocycles. The Balaban J connectivity index is 2.52. The van der Waals surface area contributed by atoms with Crippen molar-refractivity contribution < 1.29 is 8.42 Å². The van der Waals surface area contributed by atoms with Crippen LogP contribution in [0.1, 0.15) is 19.0 Å². The Morgan fingerprint density at radius 1 is 1.41 bits per heavy atom. The van der Waals surface area contributed by atoms with Gasteiger partial charge in [0, 0.05) is 11.8 Å². The Morgan fingerprint density at radius 3 is 2.68 bits per heavy atom. The predicted molar refractivity (Wildman–Crippen MR) is 87.0 cm³/mol. The highest BCUT2D eigenvalue weighted by Crippen LogP contribution is 2.29. The molecule has 2 rings (SSSR count). The molecule has 1 aromatic rings. The number of rotatable bonds is 3. The molecule has 0 amide bonds. The smallest absolute Gasteiger partial charge is 0.317 e. The second kappa shape index (κ2) is 5.82. The van der Waals surface area contributed by atoms with Gasteiger partial charge < -0.3 is 17.2 Å². The monoisotopic (exact) mass is 342 g/mol. The van der Waals surface area contributed by atoms with Gasteiger partial charge >= 0.3 is 10.2 Å². The number of nitrogens with two attached hydrogens (primary N) is 4. The fraction of sp³-hybridized carbons (Fsp3) is 0.200. The molecule has 0 fully saturated rings. The second-order valence-electron chi connectivity index (χ2n) is 4.36. The molecule has 12 heteroatoms. The number of amidine groups is 1. The normalized spacial score (nSPS) is 17.5. The molecule has 0 radical (unpaired) electrons. The first kappa shape index (κ1) is 16.1. The van der Waals surface area contributed by atoms with Crippen LogP contribution in [0.25, 0.3) is 5.70 Å². The molecule has 8 N–H and O–H groups in total. The minimum atomic E-state index is -4.03. The predicted octanol–water partition coefficient (Wildman–Crippen LogP) is -0.816. The van der Waals surface area contributed by atoms with E-state index in [0.29, 0.717) is 22.1 Å². The molecule has 0 aromatic carbocycles. The first-order valence-corrected chi connectivity index (χ1v) is 8.25. The summed E-state index contributed by atoms with van der Waals surface area (Å²) in [5, 5.41) is 6.96. The summed E-state index contributed by atoms with van der Waals surface area (Å²) >= 11 is 1.20. The van der Waals surface area contributed by atoms with Crippen LogP contribution in [0.15, 0.2) is 25.3 Å². The fourth-order valence-corrected chi connectivity index (χ4v) is 2.95. The van der Waals surface area contributed by atoms with Crippen LogP contribution >= 0.6 is 11.3 Å². The third-order valence-electron chi connectivity index (χ3n) is 2.59. The zero-order valence-electron chi connectivity index (χ0n) is 11.5. The number of guanidine groups is 1. The molecule has 0 saturated carbocycles. The molecular weight excluding hydrogens is 328 g/mol. The quantitative estimate of drug-likeness (QED) is 0.410. The number of hydrogen-bond donors (Lipinski definition) is 4. The molecule has 10 nitrogen and oxygen atoms in total. The average Bonchev–Trinajstić information content (AvgIpc) is 2.79. The van der Waals surface area contributed by atoms with E-state index in [0.717, 1.165) is 0 Å². The number of aromatic nitrogens is 1. The van der Waals surface area contributed by atoms with Gasteiger partial charge in [0.15, 0.2) is 5.96 Å². The van der Waals surface area contributed by atoms with Crippen LogP contribution in [0.2, 0.25) is 0 Å². The van der Waals surface area contributed by atoms with Gasteiger partial charge in [-0.3, -0.25) is 0 Å². The van der Waals surface area contributed by atoms with Crippen LogP contribution in [0.3, 0.4) is 0 Å². The van der Waals surface area contributed by atoms with E-state index >= 15 is 0 Å². The minimum Gasteiger partial charge on any atom is -0.387 e. The molecule has 0 saturated heterocycles. The summed E-state index contributed by atoms with van der Waals surface area (Å²) in [7, 11) is -4.03. The largest absolute Gasteiger partial charge is 0.387 e. The number of nitrogens with zero attached hydrogens (tertiary/aromatic N) is 4. The zero-order chi connectivity index (χ0) is 16.5. The van der Waals surface area contributed by atoms with Gasteiger partial charge in [-0.25, -0.2) is 15.1 Å². The van der Waals surface area contributed by atoms with E-state index in [1.54, 1.807) is 12.3 Å². The van der Waals surface area contributed by atoms with Crippen molar-refractivity contribution in [2.75, 3.05) is 0 Å². The summed E-state index contributed by atoms with van der Waals surface area (Å²) in [5.74, 6) is 0.0918. The first-order valence-electron chi connectivity index (χ1n) is 5.87. The topological polar surface area (TPSA) is 188 Å². The average molecular weight is 342 g/mol. The third-order valence-corrected chi connectivity index (χ3v) is 3.80. The lowest BCUT2D eigenvalue weighted by Crippen LogP contribution is -2.24. The van der Waals surface area contributed by atoms with Gasteiger partial charge in [0.05, 0.1) is 11.4 Å². The van der Waals surface area contributed by atoms with Gasteiger partial charge in [-0.1, -0.05) is 0 Å². The van der Waals surface area contributed by atoms with Gasteiger partial charge in [0.1, 0.15) is 11.5 Å². The van der Waals surface area contributed by atoms with Crippen molar-refractivity contribution in [3.05, 3.63) is 16.6 Å². The van der Waals surface area contributed by atoms with E-state index in [-0.39, 0.29) is 23.9 Å². The summed E-state index contributed by atoms with van der Waals surface area (Å²) < 4.78 is 25.8. The van der Waals surface area contributed by atoms with Gasteiger partial charge in [-0.15, -0.1) is 11.3 Å². The number of allylic oxidation sites excluding steroid dienone is 1. The van der Waals surface area contributed by atoms with Gasteiger partial charge in [-0.2, -0.15) is 17.8 Å². The number of aliphatic imine (C=N–C) groups is 2. The van der Waals surface area contributed by atoms with Crippen molar-refractivity contribution in [2.24, 2.45) is 36.7 Å². The Morgan fingerprint density at radius 2 is 2.09 bits per heavy atom. The maximum atomic E-state index is 11.1. The molecule has 0 aliphatic carbocycles. The maximum absolute atomic E-state index is 11.1. The van der Waals surface area contributed by atoms with Crippen LogP contribution < -0.4 is 22.3 Å². The molecule has 0 bridgehead atoms. The van der Waals surface area contributed by atoms with Crippen LogP contribution in [0, 0.1) is 0 Å². The van der Waals surface area contributed by atoms with E-state index in [1.807, 2.05) is 0 Å². The van der Waals surface area contributed by atoms with Gasteiger partial charge in [-0.05, 0) is 12.5 Å². The molecule has 1 aliphatic heterocycles. The highest BCUT2D eigenvalue weighted by atomic mass is 32.2. The lowest BCUT2D eigenvalue weighted by Gasteiger charge is -2.15. The highest BCUT2D eigenvalue weighted by molar-refractivity contribution is 7.88. The van der Waals surface area contributed by atoms with E-state index < -0.39 is 10.2 Å². The summed E-state index contributed by atoms with van der Waals surface area (Å²) in [6, 6.07) is 0. The molecule has 118 valence electrons. The van der Waals surface area contributed by atoms with Crippen LogP contribution in [-0.4, -0.2) is 30.9 Å². The molecule has 0 spiro atoms. The summed E-state index contributed by atoms with van der Waals surface area (Å²) in [6.07, 6.45) is 0.0939. The summed E-state index contributed by atoms with van der Waals surface area (Å²) in [6.45, 7) is 1.66. The summed E-state index contributed by atoms with van der Waals surface area (Å²) in [4.78, 5) is 12.2.